The molecule has 0 amide bonds. The topological polar surface area (TPSA) is 87.0 Å². The fourth-order valence-corrected chi connectivity index (χ4v) is 4.27. The van der Waals surface area contributed by atoms with Crippen LogP contribution in [0.3, 0.4) is 0 Å². The van der Waals surface area contributed by atoms with E-state index in [1.807, 2.05) is 50.3 Å². The molecule has 6 heteroatoms. The molecule has 1 aromatic carbocycles. The van der Waals surface area contributed by atoms with E-state index in [4.69, 9.17) is 21.4 Å². The molecule has 162 valence electrons. The van der Waals surface area contributed by atoms with E-state index >= 15 is 0 Å². The molecule has 1 fully saturated rings. The van der Waals surface area contributed by atoms with Gasteiger partial charge in [0, 0.05) is 17.7 Å². The van der Waals surface area contributed by atoms with Crippen molar-refractivity contribution in [2.75, 3.05) is 6.61 Å². The second-order valence-electron chi connectivity index (χ2n) is 8.21. The summed E-state index contributed by atoms with van der Waals surface area (Å²) in [5, 5.41) is 29.2. The first-order valence-corrected chi connectivity index (χ1v) is 10.8. The van der Waals surface area contributed by atoms with Crippen molar-refractivity contribution in [2.24, 2.45) is 17.8 Å². The number of carbonyl (C=O) groups is 1. The van der Waals surface area contributed by atoms with Crippen LogP contribution in [0.5, 0.6) is 5.75 Å². The fourth-order valence-electron chi connectivity index (χ4n) is 3.80. The van der Waals surface area contributed by atoms with Gasteiger partial charge in [-0.15, -0.1) is 11.6 Å². The molecule has 1 saturated carbocycles. The van der Waals surface area contributed by atoms with E-state index in [0.29, 0.717) is 25.2 Å². The van der Waals surface area contributed by atoms with E-state index in [1.54, 1.807) is 0 Å². The number of allylic oxidation sites excluding steroid dienone is 2. The zero-order valence-electron chi connectivity index (χ0n) is 17.2. The molecule has 3 N–H and O–H groups in total. The molecule has 0 heterocycles. The second-order valence-corrected chi connectivity index (χ2v) is 8.77. The third kappa shape index (κ3) is 7.32. The van der Waals surface area contributed by atoms with Crippen LogP contribution >= 0.6 is 11.6 Å². The highest BCUT2D eigenvalue weighted by Crippen LogP contribution is 2.39. The summed E-state index contributed by atoms with van der Waals surface area (Å²) in [5.41, 5.74) is 0.820. The Bertz CT molecular complexity index is 675. The van der Waals surface area contributed by atoms with Crippen molar-refractivity contribution in [2.45, 2.75) is 63.5 Å². The smallest absolute Gasteiger partial charge is 0.303 e. The average molecular weight is 425 g/mol. The number of halogens is 1. The van der Waals surface area contributed by atoms with Crippen LogP contribution in [-0.2, 0) is 4.79 Å². The van der Waals surface area contributed by atoms with Gasteiger partial charge in [-0.25, -0.2) is 0 Å². The van der Waals surface area contributed by atoms with Crippen molar-refractivity contribution in [1.82, 2.24) is 0 Å². The number of carboxylic acids is 1. The lowest BCUT2D eigenvalue weighted by Crippen LogP contribution is -2.27. The van der Waals surface area contributed by atoms with Crippen molar-refractivity contribution in [3.05, 3.63) is 42.0 Å². The van der Waals surface area contributed by atoms with Gasteiger partial charge in [-0.2, -0.15) is 0 Å². The first-order valence-electron chi connectivity index (χ1n) is 10.4. The summed E-state index contributed by atoms with van der Waals surface area (Å²) in [4.78, 5) is 10.5. The number of hydrogen-bond donors (Lipinski definition) is 3. The van der Waals surface area contributed by atoms with Gasteiger partial charge in [0.25, 0.3) is 0 Å². The highest BCUT2D eigenvalue weighted by Gasteiger charge is 2.41. The van der Waals surface area contributed by atoms with Gasteiger partial charge in [0.05, 0.1) is 18.8 Å². The van der Waals surface area contributed by atoms with Gasteiger partial charge in [-0.05, 0) is 55.2 Å². The number of aliphatic carboxylic acids is 1. The normalized spacial score (nSPS) is 25.6. The van der Waals surface area contributed by atoms with E-state index in [1.165, 1.54) is 0 Å². The molecule has 1 unspecified atom stereocenters. The summed E-state index contributed by atoms with van der Waals surface area (Å²) < 4.78 is 5.96. The molecule has 1 aromatic rings. The molecule has 0 saturated heterocycles. The summed E-state index contributed by atoms with van der Waals surface area (Å²) in [5.74, 6) is 0.0490. The second kappa shape index (κ2) is 11.6. The van der Waals surface area contributed by atoms with Crippen LogP contribution in [0.15, 0.2) is 36.4 Å². The van der Waals surface area contributed by atoms with E-state index in [9.17, 15) is 15.0 Å². The largest absolute Gasteiger partial charge is 0.493 e. The molecule has 5 atom stereocenters. The third-order valence-corrected chi connectivity index (χ3v) is 6.09. The van der Waals surface area contributed by atoms with Crippen molar-refractivity contribution in [3.8, 4) is 5.75 Å². The Labute approximate surface area is 178 Å². The Morgan fingerprint density at radius 1 is 1.31 bits per heavy atom. The number of unbranched alkanes of at least 4 members (excludes halogenated alkanes) is 1. The molecule has 5 nitrogen and oxygen atoms in total. The van der Waals surface area contributed by atoms with Crippen molar-refractivity contribution in [3.63, 3.8) is 0 Å². The Kier molecular flexibility index (Phi) is 9.47. The SMILES string of the molecule is CC(C)C(O)c1cccc(OC[C@@H]2[C@@H](CC=CCCCC(=O)O)[C@H](Cl)C[C@H]2O)c1. The molecule has 0 bridgehead atoms. The molecule has 2 rings (SSSR count). The zero-order valence-corrected chi connectivity index (χ0v) is 18.0. The first-order chi connectivity index (χ1) is 13.8. The van der Waals surface area contributed by atoms with Crippen LogP contribution in [-0.4, -0.2) is 39.4 Å². The molecule has 0 aliphatic heterocycles. The lowest BCUT2D eigenvalue weighted by atomic mass is 9.92. The molecule has 1 aliphatic carbocycles. The molecule has 0 radical (unpaired) electrons. The number of alkyl halides is 1. The van der Waals surface area contributed by atoms with Gasteiger partial charge in [-0.3, -0.25) is 4.79 Å². The lowest BCUT2D eigenvalue weighted by molar-refractivity contribution is -0.137. The first kappa shape index (κ1) is 23.7. The third-order valence-electron chi connectivity index (χ3n) is 5.59. The van der Waals surface area contributed by atoms with Gasteiger partial charge in [0.15, 0.2) is 0 Å². The van der Waals surface area contributed by atoms with Crippen molar-refractivity contribution < 1.29 is 24.9 Å². The van der Waals surface area contributed by atoms with Crippen molar-refractivity contribution >= 4 is 17.6 Å². The highest BCUT2D eigenvalue weighted by molar-refractivity contribution is 6.21. The molecular formula is C23H33ClO5. The van der Waals surface area contributed by atoms with Crippen LogP contribution in [0, 0.1) is 17.8 Å². The Morgan fingerprint density at radius 2 is 2.07 bits per heavy atom. The maximum atomic E-state index is 10.5. The Morgan fingerprint density at radius 3 is 2.76 bits per heavy atom. The standard InChI is InChI=1S/C23H33ClO5/c1-15(2)23(28)16-8-7-9-17(12-16)29-14-19-18(20(24)13-21(19)25)10-5-3-4-6-11-22(26)27/h3,5,7-9,12,15,18-21,23,25,28H,4,6,10-11,13-14H2,1-2H3,(H,26,27)/t18-,19-,20-,21-,23?/m1/s1. The van der Waals surface area contributed by atoms with Crippen LogP contribution in [0.4, 0.5) is 0 Å². The number of rotatable bonds is 11. The van der Waals surface area contributed by atoms with Crippen LogP contribution in [0.2, 0.25) is 0 Å². The Hall–Kier alpha value is -1.56. The predicted molar refractivity (Wildman–Crippen MR) is 114 cm³/mol. The number of ether oxygens (including phenoxy) is 1. The summed E-state index contributed by atoms with van der Waals surface area (Å²) >= 11 is 6.47. The maximum absolute atomic E-state index is 10.5. The summed E-state index contributed by atoms with van der Waals surface area (Å²) in [6.07, 6.45) is 5.77. The summed E-state index contributed by atoms with van der Waals surface area (Å²) in [6, 6.07) is 7.45. The average Bonchev–Trinajstić information content (AvgIpc) is 2.94. The fraction of sp³-hybridized carbons (Fsp3) is 0.609. The minimum absolute atomic E-state index is 0.0696. The van der Waals surface area contributed by atoms with Crippen molar-refractivity contribution in [1.29, 1.82) is 0 Å². The number of hydrogen-bond acceptors (Lipinski definition) is 4. The minimum Gasteiger partial charge on any atom is -0.493 e. The quantitative estimate of drug-likeness (QED) is 0.275. The number of carboxylic acid groups (broad SMARTS) is 1. The van der Waals surface area contributed by atoms with E-state index in [2.05, 4.69) is 0 Å². The number of aliphatic hydroxyl groups excluding tert-OH is 2. The van der Waals surface area contributed by atoms with Gasteiger partial charge >= 0.3 is 5.97 Å². The highest BCUT2D eigenvalue weighted by atomic mass is 35.5. The Balaban J connectivity index is 1.91. The van der Waals surface area contributed by atoms with E-state index in [0.717, 1.165) is 18.4 Å². The summed E-state index contributed by atoms with van der Waals surface area (Å²) in [6.45, 7) is 4.30. The maximum Gasteiger partial charge on any atom is 0.303 e. The van der Waals surface area contributed by atoms with Crippen LogP contribution < -0.4 is 4.74 Å². The van der Waals surface area contributed by atoms with Crippen LogP contribution in [0.25, 0.3) is 0 Å². The van der Waals surface area contributed by atoms with Gasteiger partial charge in [0.1, 0.15) is 5.75 Å². The molecule has 29 heavy (non-hydrogen) atoms. The van der Waals surface area contributed by atoms with E-state index < -0.39 is 18.2 Å². The zero-order chi connectivity index (χ0) is 21.4. The molecule has 0 spiro atoms. The lowest BCUT2D eigenvalue weighted by Gasteiger charge is -2.23. The number of aliphatic hydroxyl groups is 2. The van der Waals surface area contributed by atoms with Gasteiger partial charge in [-0.1, -0.05) is 38.1 Å². The molecular weight excluding hydrogens is 392 g/mol. The van der Waals surface area contributed by atoms with Crippen LogP contribution in [0.1, 0.15) is 57.6 Å². The summed E-state index contributed by atoms with van der Waals surface area (Å²) in [7, 11) is 0. The molecule has 1 aliphatic rings. The van der Waals surface area contributed by atoms with E-state index in [-0.39, 0.29) is 29.6 Å². The number of benzene rings is 1. The van der Waals surface area contributed by atoms with Gasteiger partial charge < -0.3 is 20.1 Å². The minimum atomic E-state index is -0.777. The monoisotopic (exact) mass is 424 g/mol. The predicted octanol–water partition coefficient (Wildman–Crippen LogP) is 4.56. The molecule has 0 aromatic heterocycles. The van der Waals surface area contributed by atoms with Gasteiger partial charge in [0.2, 0.25) is 0 Å².